The molecule has 0 bridgehead atoms. The molecule has 0 aromatic heterocycles. The van der Waals surface area contributed by atoms with Gasteiger partial charge in [-0.25, -0.2) is 0 Å². The first-order valence-corrected chi connectivity index (χ1v) is 6.19. The molecule has 2 N–H and O–H groups in total. The number of rotatable bonds is 8. The quantitative estimate of drug-likeness (QED) is 0.735. The third kappa shape index (κ3) is 6.00. The predicted molar refractivity (Wildman–Crippen MR) is 70.4 cm³/mol. The van der Waals surface area contributed by atoms with Crippen LogP contribution >= 0.6 is 0 Å². The summed E-state index contributed by atoms with van der Waals surface area (Å²) >= 11 is 0. The lowest BCUT2D eigenvalue weighted by atomic mass is 10.1. The van der Waals surface area contributed by atoms with E-state index < -0.39 is 5.97 Å². The van der Waals surface area contributed by atoms with Crippen LogP contribution < -0.4 is 0 Å². The van der Waals surface area contributed by atoms with E-state index in [-0.39, 0.29) is 13.0 Å². The Morgan fingerprint density at radius 2 is 1.95 bits per heavy atom. The van der Waals surface area contributed by atoms with Crippen molar-refractivity contribution in [1.82, 2.24) is 4.90 Å². The Morgan fingerprint density at radius 3 is 2.47 bits per heavy atom. The largest absolute Gasteiger partial charge is 0.481 e. The fraction of sp³-hybridized carbons (Fsp3) is 0.429. The third-order valence-corrected chi connectivity index (χ3v) is 2.76. The van der Waals surface area contributed by atoms with E-state index in [1.165, 1.54) is 0 Å². The van der Waals surface area contributed by atoms with Crippen molar-refractivity contribution in [3.8, 4) is 6.07 Å². The Hall–Kier alpha value is -1.90. The highest BCUT2D eigenvalue weighted by atomic mass is 16.4. The molecule has 0 aliphatic carbocycles. The minimum Gasteiger partial charge on any atom is -0.481 e. The Kier molecular flexibility index (Phi) is 6.58. The van der Waals surface area contributed by atoms with Crippen LogP contribution in [0, 0.1) is 11.3 Å². The number of aliphatic carboxylic acids is 1. The van der Waals surface area contributed by atoms with E-state index in [2.05, 4.69) is 6.07 Å². The molecule has 102 valence electrons. The van der Waals surface area contributed by atoms with E-state index in [0.29, 0.717) is 31.6 Å². The molecule has 1 rings (SSSR count). The molecular weight excluding hydrogens is 244 g/mol. The average molecular weight is 262 g/mol. The molecule has 19 heavy (non-hydrogen) atoms. The van der Waals surface area contributed by atoms with Crippen LogP contribution in [0.15, 0.2) is 24.3 Å². The lowest BCUT2D eigenvalue weighted by molar-refractivity contribution is -0.137. The van der Waals surface area contributed by atoms with Gasteiger partial charge in [-0.05, 0) is 24.1 Å². The van der Waals surface area contributed by atoms with Gasteiger partial charge in [-0.3, -0.25) is 9.69 Å². The first-order valence-electron chi connectivity index (χ1n) is 6.19. The van der Waals surface area contributed by atoms with Crippen LogP contribution in [-0.4, -0.2) is 40.8 Å². The van der Waals surface area contributed by atoms with Crippen LogP contribution in [0.25, 0.3) is 0 Å². The smallest absolute Gasteiger partial charge is 0.304 e. The fourth-order valence-electron chi connectivity index (χ4n) is 1.76. The zero-order valence-electron chi connectivity index (χ0n) is 10.7. The van der Waals surface area contributed by atoms with Gasteiger partial charge in [-0.1, -0.05) is 12.1 Å². The number of hydrogen-bond donors (Lipinski definition) is 2. The van der Waals surface area contributed by atoms with Gasteiger partial charge in [-0.15, -0.1) is 0 Å². The van der Waals surface area contributed by atoms with Crippen LogP contribution in [0.4, 0.5) is 0 Å². The van der Waals surface area contributed by atoms with Crippen molar-refractivity contribution < 1.29 is 15.0 Å². The average Bonchev–Trinajstić information content (AvgIpc) is 2.42. The second-order valence-corrected chi connectivity index (χ2v) is 4.31. The van der Waals surface area contributed by atoms with Gasteiger partial charge < -0.3 is 10.2 Å². The molecular formula is C14H18N2O3. The topological polar surface area (TPSA) is 84.6 Å². The molecule has 0 atom stereocenters. The molecule has 0 saturated heterocycles. The van der Waals surface area contributed by atoms with Gasteiger partial charge in [-0.2, -0.15) is 5.26 Å². The highest BCUT2D eigenvalue weighted by molar-refractivity contribution is 5.66. The van der Waals surface area contributed by atoms with E-state index in [1.54, 1.807) is 12.1 Å². The summed E-state index contributed by atoms with van der Waals surface area (Å²) in [4.78, 5) is 12.6. The minimum atomic E-state index is -0.825. The summed E-state index contributed by atoms with van der Waals surface area (Å²) in [6, 6.07) is 9.28. The number of aliphatic hydroxyl groups excluding tert-OH is 1. The number of nitriles is 1. The van der Waals surface area contributed by atoms with Crippen molar-refractivity contribution in [3.05, 3.63) is 35.4 Å². The Bertz CT molecular complexity index is 437. The van der Waals surface area contributed by atoms with Crippen LogP contribution in [0.3, 0.4) is 0 Å². The van der Waals surface area contributed by atoms with Crippen molar-refractivity contribution in [2.45, 2.75) is 19.4 Å². The zero-order chi connectivity index (χ0) is 14.1. The van der Waals surface area contributed by atoms with Crippen LogP contribution in [0.2, 0.25) is 0 Å². The number of carbonyl (C=O) groups is 1. The molecule has 0 spiro atoms. The highest BCUT2D eigenvalue weighted by Gasteiger charge is 2.08. The number of benzene rings is 1. The molecule has 1 aromatic rings. The minimum absolute atomic E-state index is 0.0850. The van der Waals surface area contributed by atoms with Gasteiger partial charge in [0.2, 0.25) is 0 Å². The van der Waals surface area contributed by atoms with Crippen molar-refractivity contribution in [3.63, 3.8) is 0 Å². The summed E-state index contributed by atoms with van der Waals surface area (Å²) in [5, 5.41) is 26.3. The van der Waals surface area contributed by atoms with Crippen molar-refractivity contribution in [1.29, 1.82) is 5.26 Å². The van der Waals surface area contributed by atoms with Gasteiger partial charge in [0.05, 0.1) is 18.1 Å². The number of aliphatic hydroxyl groups is 1. The van der Waals surface area contributed by atoms with E-state index >= 15 is 0 Å². The Balaban J connectivity index is 2.58. The van der Waals surface area contributed by atoms with Crippen molar-refractivity contribution in [2.75, 3.05) is 19.7 Å². The van der Waals surface area contributed by atoms with Crippen LogP contribution in [0.5, 0.6) is 0 Å². The molecule has 0 aliphatic heterocycles. The van der Waals surface area contributed by atoms with Gasteiger partial charge in [0.1, 0.15) is 0 Å². The maximum absolute atomic E-state index is 10.6. The molecule has 0 aliphatic rings. The maximum Gasteiger partial charge on any atom is 0.304 e. The van der Waals surface area contributed by atoms with Gasteiger partial charge in [0, 0.05) is 26.2 Å². The zero-order valence-corrected chi connectivity index (χ0v) is 10.7. The third-order valence-electron chi connectivity index (χ3n) is 2.76. The van der Waals surface area contributed by atoms with E-state index in [0.717, 1.165) is 5.56 Å². The molecule has 0 fully saturated rings. The summed E-state index contributed by atoms with van der Waals surface area (Å²) in [6.07, 6.45) is 0.706. The van der Waals surface area contributed by atoms with E-state index in [1.807, 2.05) is 17.0 Å². The summed E-state index contributed by atoms with van der Waals surface area (Å²) in [6.45, 7) is 1.83. The normalized spacial score (nSPS) is 10.4. The van der Waals surface area contributed by atoms with Crippen LogP contribution in [-0.2, 0) is 11.3 Å². The lowest BCUT2D eigenvalue weighted by Gasteiger charge is -2.21. The summed E-state index contributed by atoms with van der Waals surface area (Å²) in [5.41, 5.74) is 1.64. The number of carboxylic acid groups (broad SMARTS) is 1. The number of nitrogens with zero attached hydrogens (tertiary/aromatic N) is 2. The fourth-order valence-corrected chi connectivity index (χ4v) is 1.76. The van der Waals surface area contributed by atoms with Gasteiger partial charge in [0.25, 0.3) is 0 Å². The van der Waals surface area contributed by atoms with Crippen molar-refractivity contribution in [2.24, 2.45) is 0 Å². The first kappa shape index (κ1) is 15.2. The Morgan fingerprint density at radius 1 is 1.26 bits per heavy atom. The van der Waals surface area contributed by atoms with Gasteiger partial charge in [0.15, 0.2) is 0 Å². The summed E-state index contributed by atoms with van der Waals surface area (Å²) in [5.74, 6) is -0.825. The highest BCUT2D eigenvalue weighted by Crippen LogP contribution is 2.08. The molecule has 0 amide bonds. The van der Waals surface area contributed by atoms with E-state index in [9.17, 15) is 4.79 Å². The number of carboxylic acids is 1. The molecule has 0 unspecified atom stereocenters. The first-order chi connectivity index (χ1) is 9.15. The molecule has 1 aromatic carbocycles. The van der Waals surface area contributed by atoms with Gasteiger partial charge >= 0.3 is 5.97 Å². The maximum atomic E-state index is 10.6. The SMILES string of the molecule is N#Cc1ccc(CN(CCCO)CCC(=O)O)cc1. The molecule has 5 nitrogen and oxygen atoms in total. The second-order valence-electron chi connectivity index (χ2n) is 4.31. The molecule has 0 saturated carbocycles. The lowest BCUT2D eigenvalue weighted by Crippen LogP contribution is -2.27. The number of hydrogen-bond acceptors (Lipinski definition) is 4. The standard InChI is InChI=1S/C14H18N2O3/c15-10-12-2-4-13(5-3-12)11-16(7-1-9-17)8-6-14(18)19/h2-5,17H,1,6-9,11H2,(H,18,19). The van der Waals surface area contributed by atoms with E-state index in [4.69, 9.17) is 15.5 Å². The Labute approximate surface area is 112 Å². The monoisotopic (exact) mass is 262 g/mol. The predicted octanol–water partition coefficient (Wildman–Crippen LogP) is 1.22. The molecule has 5 heteroatoms. The second kappa shape index (κ2) is 8.25. The van der Waals surface area contributed by atoms with Crippen LogP contribution in [0.1, 0.15) is 24.0 Å². The molecule has 0 radical (unpaired) electrons. The summed E-state index contributed by atoms with van der Waals surface area (Å²) in [7, 11) is 0. The summed E-state index contributed by atoms with van der Waals surface area (Å²) < 4.78 is 0. The molecule has 0 heterocycles. The van der Waals surface area contributed by atoms with Crippen molar-refractivity contribution >= 4 is 5.97 Å².